The summed E-state index contributed by atoms with van der Waals surface area (Å²) in [5.41, 5.74) is 2.66. The first-order valence-corrected chi connectivity index (χ1v) is 7.34. The summed E-state index contributed by atoms with van der Waals surface area (Å²) in [6.45, 7) is 5.63. The quantitative estimate of drug-likeness (QED) is 0.919. The van der Waals surface area contributed by atoms with Gasteiger partial charge in [-0.2, -0.15) is 5.26 Å². The molecule has 0 aliphatic rings. The van der Waals surface area contributed by atoms with Crippen LogP contribution in [0.25, 0.3) is 5.69 Å². The number of benzene rings is 1. The van der Waals surface area contributed by atoms with Crippen LogP contribution in [0.3, 0.4) is 0 Å². The van der Waals surface area contributed by atoms with Gasteiger partial charge in [-0.3, -0.25) is 4.79 Å². The molecule has 0 unspecified atom stereocenters. The second-order valence-corrected chi connectivity index (χ2v) is 5.09. The number of carbonyl (C=O) groups excluding carboxylic acids is 1. The van der Waals surface area contributed by atoms with E-state index in [9.17, 15) is 10.1 Å². The number of hydrogen-bond acceptors (Lipinski definition) is 4. The van der Waals surface area contributed by atoms with Crippen LogP contribution in [0.1, 0.15) is 50.9 Å². The van der Waals surface area contributed by atoms with Gasteiger partial charge in [-0.1, -0.05) is 25.1 Å². The molecule has 1 N–H and O–H groups in total. The molecule has 1 amide bonds. The Labute approximate surface area is 129 Å². The lowest BCUT2D eigenvalue weighted by atomic mass is 9.97. The van der Waals surface area contributed by atoms with Crippen molar-refractivity contribution in [3.63, 3.8) is 0 Å². The summed E-state index contributed by atoms with van der Waals surface area (Å²) in [6.07, 6.45) is 1.81. The van der Waals surface area contributed by atoms with Crippen LogP contribution in [0.5, 0.6) is 0 Å². The van der Waals surface area contributed by atoms with Crippen molar-refractivity contribution < 1.29 is 4.79 Å². The number of amides is 1. The highest BCUT2D eigenvalue weighted by molar-refractivity contribution is 5.88. The van der Waals surface area contributed by atoms with Crippen molar-refractivity contribution in [2.45, 2.75) is 39.5 Å². The van der Waals surface area contributed by atoms with Crippen molar-refractivity contribution in [1.29, 1.82) is 5.26 Å². The second-order valence-electron chi connectivity index (χ2n) is 5.09. The molecule has 114 valence electrons. The third-order valence-corrected chi connectivity index (χ3v) is 3.59. The average molecular weight is 297 g/mol. The maximum atomic E-state index is 11.2. The Morgan fingerprint density at radius 2 is 2.14 bits per heavy atom. The molecule has 0 bridgehead atoms. The molecule has 2 aromatic rings. The van der Waals surface area contributed by atoms with Crippen LogP contribution in [0, 0.1) is 11.3 Å². The summed E-state index contributed by atoms with van der Waals surface area (Å²) in [5, 5.41) is 20.1. The van der Waals surface area contributed by atoms with Gasteiger partial charge in [0.1, 0.15) is 6.07 Å². The van der Waals surface area contributed by atoms with Crippen LogP contribution in [-0.4, -0.2) is 20.9 Å². The van der Waals surface area contributed by atoms with Crippen LogP contribution < -0.4 is 5.32 Å². The zero-order chi connectivity index (χ0) is 16.1. The summed E-state index contributed by atoms with van der Waals surface area (Å²) in [5.74, 6) is 0.0859. The van der Waals surface area contributed by atoms with Gasteiger partial charge >= 0.3 is 0 Å². The first-order valence-electron chi connectivity index (χ1n) is 7.34. The topological polar surface area (TPSA) is 83.6 Å². The summed E-state index contributed by atoms with van der Waals surface area (Å²) < 4.78 is 1.70. The van der Waals surface area contributed by atoms with E-state index < -0.39 is 0 Å². The molecular formula is C16H19N5O. The van der Waals surface area contributed by atoms with Gasteiger partial charge in [0.2, 0.25) is 5.91 Å². The predicted molar refractivity (Wildman–Crippen MR) is 83.7 cm³/mol. The highest BCUT2D eigenvalue weighted by Crippen LogP contribution is 2.27. The molecule has 0 spiro atoms. The molecule has 1 aromatic carbocycles. The average Bonchev–Trinajstić information content (AvgIpc) is 2.92. The van der Waals surface area contributed by atoms with E-state index in [4.69, 9.17) is 0 Å². The number of nitrogens with one attached hydrogen (secondary N) is 1. The standard InChI is InChI=1S/C16H19N5O/c1-4-12(5-2)16-15(10-17)19-20-21(16)14-8-6-7-13(9-14)18-11(3)22/h6-9,12H,4-5H2,1-3H3,(H,18,22). The molecular weight excluding hydrogens is 278 g/mol. The number of rotatable bonds is 5. The van der Waals surface area contributed by atoms with Crippen LogP contribution in [0.2, 0.25) is 0 Å². The first kappa shape index (κ1) is 15.7. The van der Waals surface area contributed by atoms with Crippen molar-refractivity contribution in [2.75, 3.05) is 5.32 Å². The van der Waals surface area contributed by atoms with Gasteiger partial charge in [-0.05, 0) is 31.0 Å². The van der Waals surface area contributed by atoms with Crippen LogP contribution in [0.4, 0.5) is 5.69 Å². The molecule has 0 aliphatic carbocycles. The maximum Gasteiger partial charge on any atom is 0.221 e. The zero-order valence-electron chi connectivity index (χ0n) is 13.0. The molecule has 0 saturated heterocycles. The number of hydrogen-bond donors (Lipinski definition) is 1. The summed E-state index contributed by atoms with van der Waals surface area (Å²) in [7, 11) is 0. The lowest BCUT2D eigenvalue weighted by Crippen LogP contribution is -2.10. The zero-order valence-corrected chi connectivity index (χ0v) is 13.0. The number of anilines is 1. The molecule has 0 saturated carbocycles. The molecule has 0 radical (unpaired) electrons. The Hall–Kier alpha value is -2.68. The fourth-order valence-electron chi connectivity index (χ4n) is 2.52. The Morgan fingerprint density at radius 3 is 2.73 bits per heavy atom. The number of carbonyl (C=O) groups is 1. The Kier molecular flexibility index (Phi) is 4.89. The SMILES string of the molecule is CCC(CC)c1c(C#N)nnn1-c1cccc(NC(C)=O)c1. The van der Waals surface area contributed by atoms with E-state index in [0.29, 0.717) is 11.4 Å². The fourth-order valence-corrected chi connectivity index (χ4v) is 2.52. The Bertz CT molecular complexity index is 710. The molecule has 0 aliphatic heterocycles. The smallest absolute Gasteiger partial charge is 0.221 e. The Balaban J connectivity index is 2.51. The van der Waals surface area contributed by atoms with E-state index in [-0.39, 0.29) is 11.8 Å². The minimum atomic E-state index is -0.131. The molecule has 2 rings (SSSR count). The predicted octanol–water partition coefficient (Wildman–Crippen LogP) is 3.00. The van der Waals surface area contributed by atoms with Crippen LogP contribution in [0.15, 0.2) is 24.3 Å². The third-order valence-electron chi connectivity index (χ3n) is 3.59. The highest BCUT2D eigenvalue weighted by atomic mass is 16.1. The van der Waals surface area contributed by atoms with E-state index in [1.165, 1.54) is 6.92 Å². The lowest BCUT2D eigenvalue weighted by molar-refractivity contribution is -0.114. The number of aromatic nitrogens is 3. The van der Waals surface area contributed by atoms with Gasteiger partial charge < -0.3 is 5.32 Å². The van der Waals surface area contributed by atoms with Gasteiger partial charge in [-0.15, -0.1) is 5.10 Å². The Morgan fingerprint density at radius 1 is 1.41 bits per heavy atom. The molecule has 22 heavy (non-hydrogen) atoms. The van der Waals surface area contributed by atoms with Crippen molar-refractivity contribution in [2.24, 2.45) is 0 Å². The number of nitrogens with zero attached hydrogens (tertiary/aromatic N) is 4. The molecule has 6 heteroatoms. The monoisotopic (exact) mass is 297 g/mol. The minimum Gasteiger partial charge on any atom is -0.326 e. The second kappa shape index (κ2) is 6.85. The van der Waals surface area contributed by atoms with Crippen LogP contribution in [-0.2, 0) is 4.79 Å². The van der Waals surface area contributed by atoms with E-state index in [0.717, 1.165) is 24.2 Å². The summed E-state index contributed by atoms with van der Waals surface area (Å²) >= 11 is 0. The number of nitriles is 1. The molecule has 0 fully saturated rings. The van der Waals surface area contributed by atoms with Gasteiger partial charge in [0.15, 0.2) is 5.69 Å². The van der Waals surface area contributed by atoms with Gasteiger partial charge in [0, 0.05) is 18.5 Å². The summed E-state index contributed by atoms with van der Waals surface area (Å²) in [4.78, 5) is 11.2. The largest absolute Gasteiger partial charge is 0.326 e. The normalized spacial score (nSPS) is 10.5. The third kappa shape index (κ3) is 3.14. The van der Waals surface area contributed by atoms with E-state index in [1.807, 2.05) is 24.3 Å². The van der Waals surface area contributed by atoms with Crippen LogP contribution >= 0.6 is 0 Å². The van der Waals surface area contributed by atoms with E-state index in [2.05, 4.69) is 35.5 Å². The van der Waals surface area contributed by atoms with Crippen molar-refractivity contribution in [3.05, 3.63) is 35.7 Å². The summed E-state index contributed by atoms with van der Waals surface area (Å²) in [6, 6.07) is 9.47. The minimum absolute atomic E-state index is 0.131. The van der Waals surface area contributed by atoms with Gasteiger partial charge in [-0.25, -0.2) is 4.68 Å². The fraction of sp³-hybridized carbons (Fsp3) is 0.375. The lowest BCUT2D eigenvalue weighted by Gasteiger charge is -2.15. The van der Waals surface area contributed by atoms with Gasteiger partial charge in [0.25, 0.3) is 0 Å². The molecule has 1 heterocycles. The maximum absolute atomic E-state index is 11.2. The van der Waals surface area contributed by atoms with E-state index in [1.54, 1.807) is 4.68 Å². The van der Waals surface area contributed by atoms with Gasteiger partial charge in [0.05, 0.1) is 11.4 Å². The van der Waals surface area contributed by atoms with Crippen molar-refractivity contribution >= 4 is 11.6 Å². The molecule has 1 aromatic heterocycles. The van der Waals surface area contributed by atoms with Crippen molar-refractivity contribution in [1.82, 2.24) is 15.0 Å². The highest BCUT2D eigenvalue weighted by Gasteiger charge is 2.21. The van der Waals surface area contributed by atoms with E-state index >= 15 is 0 Å². The van der Waals surface area contributed by atoms with Crippen molar-refractivity contribution in [3.8, 4) is 11.8 Å². The molecule has 6 nitrogen and oxygen atoms in total. The first-order chi connectivity index (χ1) is 10.6. The molecule has 0 atom stereocenters.